The molecule has 136 valence electrons. The van der Waals surface area contributed by atoms with Crippen LogP contribution in [0.4, 0.5) is 18.9 Å². The smallest absolute Gasteiger partial charge is 0.325 e. The minimum absolute atomic E-state index is 0.0308. The van der Waals surface area contributed by atoms with Crippen molar-refractivity contribution in [3.8, 4) is 0 Å². The Hall–Kier alpha value is -2.33. The summed E-state index contributed by atoms with van der Waals surface area (Å²) in [7, 11) is 1.57. The molecule has 2 heterocycles. The fourth-order valence-electron chi connectivity index (χ4n) is 2.17. The van der Waals surface area contributed by atoms with E-state index in [1.807, 2.05) is 0 Å². The molecule has 10 heteroatoms. The number of alkyl halides is 3. The van der Waals surface area contributed by atoms with Gasteiger partial charge in [0.05, 0.1) is 16.8 Å². The van der Waals surface area contributed by atoms with Crippen LogP contribution in [-0.4, -0.2) is 21.2 Å². The second-order valence-electron chi connectivity index (χ2n) is 5.31. The summed E-state index contributed by atoms with van der Waals surface area (Å²) in [5, 5.41) is 4.68. The lowest BCUT2D eigenvalue weighted by molar-refractivity contribution is -0.137. The number of benzene rings is 1. The van der Waals surface area contributed by atoms with Gasteiger partial charge in [0.1, 0.15) is 4.70 Å². The molecule has 5 nitrogen and oxygen atoms in total. The van der Waals surface area contributed by atoms with E-state index < -0.39 is 17.6 Å². The van der Waals surface area contributed by atoms with Gasteiger partial charge >= 0.3 is 6.18 Å². The highest BCUT2D eigenvalue weighted by Gasteiger charge is 2.30. The van der Waals surface area contributed by atoms with Crippen LogP contribution in [0.25, 0.3) is 10.2 Å². The summed E-state index contributed by atoms with van der Waals surface area (Å²) in [5.41, 5.74) is -0.133. The van der Waals surface area contributed by atoms with Crippen LogP contribution in [0.2, 0.25) is 0 Å². The minimum atomic E-state index is -4.42. The molecule has 0 bridgehead atoms. The lowest BCUT2D eigenvalue weighted by Crippen LogP contribution is -2.20. The largest absolute Gasteiger partial charge is 0.416 e. The number of halogens is 3. The zero-order valence-electron chi connectivity index (χ0n) is 13.3. The molecule has 0 aliphatic carbocycles. The minimum Gasteiger partial charge on any atom is -0.325 e. The van der Waals surface area contributed by atoms with Crippen molar-refractivity contribution in [1.29, 1.82) is 0 Å². The number of thiophene rings is 1. The highest BCUT2D eigenvalue weighted by molar-refractivity contribution is 7.99. The van der Waals surface area contributed by atoms with Crippen molar-refractivity contribution in [1.82, 2.24) is 9.55 Å². The Kier molecular flexibility index (Phi) is 5.05. The molecule has 0 aliphatic heterocycles. The molecule has 0 saturated heterocycles. The number of aromatic nitrogens is 2. The zero-order chi connectivity index (χ0) is 18.9. The van der Waals surface area contributed by atoms with Crippen LogP contribution < -0.4 is 10.9 Å². The van der Waals surface area contributed by atoms with Gasteiger partial charge in [-0.15, -0.1) is 11.3 Å². The first-order valence-corrected chi connectivity index (χ1v) is 9.16. The van der Waals surface area contributed by atoms with Crippen LogP contribution >= 0.6 is 23.1 Å². The van der Waals surface area contributed by atoms with E-state index in [2.05, 4.69) is 10.3 Å². The number of carbonyl (C=O) groups is 1. The topological polar surface area (TPSA) is 64.0 Å². The molecule has 0 fully saturated rings. The molecule has 2 aromatic heterocycles. The van der Waals surface area contributed by atoms with Gasteiger partial charge in [-0.25, -0.2) is 4.98 Å². The predicted molar refractivity (Wildman–Crippen MR) is 95.7 cm³/mol. The monoisotopic (exact) mass is 399 g/mol. The molecule has 3 rings (SSSR count). The summed E-state index contributed by atoms with van der Waals surface area (Å²) >= 11 is 2.38. The number of carbonyl (C=O) groups excluding carboxylic acids is 1. The second kappa shape index (κ2) is 7.12. The van der Waals surface area contributed by atoms with Crippen molar-refractivity contribution in [2.45, 2.75) is 11.3 Å². The predicted octanol–water partition coefficient (Wildman–Crippen LogP) is 3.74. The maximum Gasteiger partial charge on any atom is 0.416 e. The van der Waals surface area contributed by atoms with Crippen LogP contribution in [0.3, 0.4) is 0 Å². The number of hydrogen-bond donors (Lipinski definition) is 1. The fourth-order valence-corrected chi connectivity index (χ4v) is 3.74. The van der Waals surface area contributed by atoms with Gasteiger partial charge in [-0.05, 0) is 35.7 Å². The van der Waals surface area contributed by atoms with Crippen LogP contribution in [0, 0.1) is 0 Å². The van der Waals surface area contributed by atoms with Gasteiger partial charge in [-0.1, -0.05) is 11.8 Å². The first-order chi connectivity index (χ1) is 12.3. The van der Waals surface area contributed by atoms with Crippen LogP contribution in [0.1, 0.15) is 5.56 Å². The average Bonchev–Trinajstić information content (AvgIpc) is 3.05. The van der Waals surface area contributed by atoms with Crippen LogP contribution in [0.5, 0.6) is 0 Å². The summed E-state index contributed by atoms with van der Waals surface area (Å²) in [6.45, 7) is 0. The summed E-state index contributed by atoms with van der Waals surface area (Å²) < 4.78 is 39.5. The number of nitrogens with one attached hydrogen (secondary N) is 1. The molecule has 0 radical (unpaired) electrons. The third kappa shape index (κ3) is 3.91. The lowest BCUT2D eigenvalue weighted by atomic mass is 10.2. The number of hydrogen-bond acceptors (Lipinski definition) is 5. The van der Waals surface area contributed by atoms with Gasteiger partial charge in [0.15, 0.2) is 5.16 Å². The van der Waals surface area contributed by atoms with Crippen molar-refractivity contribution >= 4 is 44.9 Å². The van der Waals surface area contributed by atoms with Crippen molar-refractivity contribution in [2.24, 2.45) is 7.05 Å². The zero-order valence-corrected chi connectivity index (χ0v) is 15.0. The summed E-state index contributed by atoms with van der Waals surface area (Å²) in [6.07, 6.45) is -4.42. The molecular formula is C16H12F3N3O2S2. The highest BCUT2D eigenvalue weighted by atomic mass is 32.2. The third-order valence-corrected chi connectivity index (χ3v) is 5.40. The Bertz CT molecular complexity index is 1010. The van der Waals surface area contributed by atoms with E-state index in [1.54, 1.807) is 18.5 Å². The lowest BCUT2D eigenvalue weighted by Gasteiger charge is -2.09. The summed E-state index contributed by atoms with van der Waals surface area (Å²) in [5.74, 6) is -0.439. The van der Waals surface area contributed by atoms with E-state index in [4.69, 9.17) is 0 Å². The molecule has 3 aromatic rings. The first-order valence-electron chi connectivity index (χ1n) is 7.30. The van der Waals surface area contributed by atoms with Crippen molar-refractivity contribution in [3.63, 3.8) is 0 Å². The standard InChI is InChI=1S/C16H12F3N3O2S2/c1-22-14(24)13-11(6-7-25-13)21-15(22)26-8-12(23)20-10-4-2-9(3-5-10)16(17,18)19/h2-7H,8H2,1H3,(H,20,23). The normalized spacial score (nSPS) is 11.7. The molecular weight excluding hydrogens is 387 g/mol. The van der Waals surface area contributed by atoms with Gasteiger partial charge in [-0.3, -0.25) is 14.2 Å². The van der Waals surface area contributed by atoms with Crippen molar-refractivity contribution < 1.29 is 18.0 Å². The Morgan fingerprint density at radius 1 is 1.27 bits per heavy atom. The van der Waals surface area contributed by atoms with E-state index >= 15 is 0 Å². The Morgan fingerprint density at radius 3 is 2.62 bits per heavy atom. The van der Waals surface area contributed by atoms with Crippen LogP contribution in [-0.2, 0) is 18.0 Å². The molecule has 1 aromatic carbocycles. The average molecular weight is 399 g/mol. The molecule has 0 unspecified atom stereocenters. The van der Waals surface area contributed by atoms with E-state index in [9.17, 15) is 22.8 Å². The van der Waals surface area contributed by atoms with Gasteiger partial charge in [0.25, 0.3) is 5.56 Å². The maximum absolute atomic E-state index is 12.5. The number of anilines is 1. The third-order valence-electron chi connectivity index (χ3n) is 3.47. The van der Waals surface area contributed by atoms with Crippen molar-refractivity contribution in [2.75, 3.05) is 11.1 Å². The van der Waals surface area contributed by atoms with Gasteiger partial charge in [-0.2, -0.15) is 13.2 Å². The summed E-state index contributed by atoms with van der Waals surface area (Å²) in [4.78, 5) is 28.5. The van der Waals surface area contributed by atoms with E-state index in [1.165, 1.54) is 28.0 Å². The number of thioether (sulfide) groups is 1. The number of nitrogens with zero attached hydrogens (tertiary/aromatic N) is 2. The molecule has 26 heavy (non-hydrogen) atoms. The first kappa shape index (κ1) is 18.5. The fraction of sp³-hybridized carbons (Fsp3) is 0.188. The Labute approximate surface area is 153 Å². The molecule has 1 N–H and O–H groups in total. The molecule has 0 aliphatic rings. The Morgan fingerprint density at radius 2 is 1.96 bits per heavy atom. The quantitative estimate of drug-likeness (QED) is 0.536. The SMILES string of the molecule is Cn1c(SCC(=O)Nc2ccc(C(F)(F)F)cc2)nc2ccsc2c1=O. The number of amides is 1. The van der Waals surface area contributed by atoms with Gasteiger partial charge in [0.2, 0.25) is 5.91 Å². The highest BCUT2D eigenvalue weighted by Crippen LogP contribution is 2.29. The van der Waals surface area contributed by atoms with E-state index in [0.717, 1.165) is 23.9 Å². The number of rotatable bonds is 4. The van der Waals surface area contributed by atoms with E-state index in [0.29, 0.717) is 15.4 Å². The molecule has 0 atom stereocenters. The molecule has 0 spiro atoms. The second-order valence-corrected chi connectivity index (χ2v) is 7.16. The summed E-state index contributed by atoms with van der Waals surface area (Å²) in [6, 6.07) is 5.92. The molecule has 0 saturated carbocycles. The van der Waals surface area contributed by atoms with Gasteiger partial charge in [0, 0.05) is 12.7 Å². The van der Waals surface area contributed by atoms with Gasteiger partial charge < -0.3 is 5.32 Å². The maximum atomic E-state index is 12.5. The van der Waals surface area contributed by atoms with Crippen molar-refractivity contribution in [3.05, 3.63) is 51.6 Å². The number of fused-ring (bicyclic) bond motifs is 1. The van der Waals surface area contributed by atoms with E-state index in [-0.39, 0.29) is 17.0 Å². The van der Waals surface area contributed by atoms with Crippen LogP contribution in [0.15, 0.2) is 45.7 Å². The molecule has 1 amide bonds. The Balaban J connectivity index is 1.66.